The van der Waals surface area contributed by atoms with E-state index in [4.69, 9.17) is 0 Å². The van der Waals surface area contributed by atoms with Crippen molar-refractivity contribution < 1.29 is 9.59 Å². The first-order valence-corrected chi connectivity index (χ1v) is 9.14. The van der Waals surface area contributed by atoms with Gasteiger partial charge in [-0.25, -0.2) is 0 Å². The van der Waals surface area contributed by atoms with E-state index in [-0.39, 0.29) is 11.6 Å². The fourth-order valence-electron chi connectivity index (χ4n) is 2.84. The Morgan fingerprint density at radius 2 is 1.14 bits per heavy atom. The van der Waals surface area contributed by atoms with Gasteiger partial charge in [-0.3, -0.25) is 9.59 Å². The van der Waals surface area contributed by atoms with Crippen LogP contribution in [0, 0.1) is 6.92 Å². The van der Waals surface area contributed by atoms with Crippen LogP contribution in [-0.2, 0) is 6.42 Å². The number of ketones is 2. The lowest BCUT2D eigenvalue weighted by Gasteiger charge is -2.07. The van der Waals surface area contributed by atoms with E-state index in [1.165, 1.54) is 19.4 Å². The van der Waals surface area contributed by atoms with Crippen LogP contribution in [0.3, 0.4) is 0 Å². The van der Waals surface area contributed by atoms with Gasteiger partial charge in [0.05, 0.1) is 11.4 Å². The molecule has 0 saturated heterocycles. The molecule has 0 aliphatic carbocycles. The number of carbonyl (C=O) groups excluding carboxylic acids is 2. The van der Waals surface area contributed by atoms with Gasteiger partial charge < -0.3 is 0 Å². The predicted molar refractivity (Wildman–Crippen MR) is 111 cm³/mol. The molecule has 4 nitrogen and oxygen atoms in total. The summed E-state index contributed by atoms with van der Waals surface area (Å²) in [5.41, 5.74) is 5.90. The Morgan fingerprint density at radius 3 is 1.61 bits per heavy atom. The first-order valence-electron chi connectivity index (χ1n) is 9.14. The van der Waals surface area contributed by atoms with Gasteiger partial charge in [0, 0.05) is 11.1 Å². The zero-order valence-corrected chi connectivity index (χ0v) is 16.3. The first-order chi connectivity index (χ1) is 13.4. The number of Topliss-reactive ketones (excluding diaryl/α,β-unsaturated/α-hetero) is 2. The zero-order valence-electron chi connectivity index (χ0n) is 16.3. The molecular formula is C24H22N2O2. The number of aryl methyl sites for hydroxylation is 1. The summed E-state index contributed by atoms with van der Waals surface area (Å²) in [5, 5.41) is 8.51. The van der Waals surface area contributed by atoms with E-state index in [0.717, 1.165) is 22.5 Å². The van der Waals surface area contributed by atoms with Crippen molar-refractivity contribution in [2.45, 2.75) is 27.2 Å². The molecule has 3 aromatic carbocycles. The monoisotopic (exact) mass is 370 g/mol. The maximum absolute atomic E-state index is 11.7. The summed E-state index contributed by atoms with van der Waals surface area (Å²) in [6.45, 7) is 5.05. The number of benzene rings is 3. The van der Waals surface area contributed by atoms with E-state index in [0.29, 0.717) is 17.5 Å². The molecule has 4 heteroatoms. The normalized spacial score (nSPS) is 11.0. The van der Waals surface area contributed by atoms with Gasteiger partial charge in [-0.2, -0.15) is 10.2 Å². The lowest BCUT2D eigenvalue weighted by molar-refractivity contribution is 0.101. The van der Waals surface area contributed by atoms with Gasteiger partial charge in [0.2, 0.25) is 0 Å². The molecule has 0 spiro atoms. The van der Waals surface area contributed by atoms with Crippen LogP contribution in [0.4, 0.5) is 11.4 Å². The summed E-state index contributed by atoms with van der Waals surface area (Å²) < 4.78 is 0. The van der Waals surface area contributed by atoms with Gasteiger partial charge in [-0.05, 0) is 80.8 Å². The molecule has 0 unspecified atom stereocenters. The molecule has 0 aliphatic rings. The Bertz CT molecular complexity index is 1000. The zero-order chi connectivity index (χ0) is 20.1. The van der Waals surface area contributed by atoms with Crippen LogP contribution in [0.5, 0.6) is 0 Å². The maximum Gasteiger partial charge on any atom is 0.159 e. The molecule has 0 fully saturated rings. The fourth-order valence-corrected chi connectivity index (χ4v) is 2.84. The van der Waals surface area contributed by atoms with E-state index in [2.05, 4.69) is 10.2 Å². The van der Waals surface area contributed by atoms with Crippen molar-refractivity contribution in [2.24, 2.45) is 10.2 Å². The minimum absolute atomic E-state index is 0.0452. The Morgan fingerprint density at radius 1 is 0.679 bits per heavy atom. The van der Waals surface area contributed by atoms with Crippen LogP contribution >= 0.6 is 0 Å². The Kier molecular flexibility index (Phi) is 5.90. The van der Waals surface area contributed by atoms with Crippen LogP contribution in [0.15, 0.2) is 77.0 Å². The lowest BCUT2D eigenvalue weighted by atomic mass is 9.97. The van der Waals surface area contributed by atoms with Crippen LogP contribution in [0.25, 0.3) is 0 Å². The average molecular weight is 370 g/mol. The van der Waals surface area contributed by atoms with Gasteiger partial charge in [0.15, 0.2) is 11.6 Å². The molecule has 0 atom stereocenters. The SMILES string of the molecule is CC(=O)c1cc(Cc2ccc(N=Nc3ccc(C)cc3)cc2)cc(C(C)=O)c1. The molecule has 0 amide bonds. The highest BCUT2D eigenvalue weighted by Gasteiger charge is 2.08. The maximum atomic E-state index is 11.7. The molecule has 0 heterocycles. The quantitative estimate of drug-likeness (QED) is 0.372. The predicted octanol–water partition coefficient (Wildman–Crippen LogP) is 6.41. The summed E-state index contributed by atoms with van der Waals surface area (Å²) in [7, 11) is 0. The third-order valence-electron chi connectivity index (χ3n) is 4.47. The molecule has 0 N–H and O–H groups in total. The molecule has 28 heavy (non-hydrogen) atoms. The summed E-state index contributed by atoms with van der Waals surface area (Å²) in [4.78, 5) is 23.5. The number of rotatable bonds is 6. The van der Waals surface area contributed by atoms with Gasteiger partial charge in [0.1, 0.15) is 0 Å². The summed E-state index contributed by atoms with van der Waals surface area (Å²) in [6, 6.07) is 21.0. The minimum Gasteiger partial charge on any atom is -0.295 e. The second-order valence-electron chi connectivity index (χ2n) is 6.91. The van der Waals surface area contributed by atoms with E-state index in [9.17, 15) is 9.59 Å². The fraction of sp³-hybridized carbons (Fsp3) is 0.167. The van der Waals surface area contributed by atoms with Crippen molar-refractivity contribution in [2.75, 3.05) is 0 Å². The van der Waals surface area contributed by atoms with E-state index in [1.807, 2.05) is 67.6 Å². The number of nitrogens with zero attached hydrogens (tertiary/aromatic N) is 2. The number of azo groups is 1. The first kappa shape index (κ1) is 19.4. The average Bonchev–Trinajstić information content (AvgIpc) is 2.68. The van der Waals surface area contributed by atoms with Crippen molar-refractivity contribution in [1.29, 1.82) is 0 Å². The van der Waals surface area contributed by atoms with Crippen molar-refractivity contribution in [3.8, 4) is 0 Å². The van der Waals surface area contributed by atoms with Gasteiger partial charge in [-0.1, -0.05) is 29.8 Å². The Balaban J connectivity index is 1.76. The molecule has 3 rings (SSSR count). The van der Waals surface area contributed by atoms with Crippen LogP contribution < -0.4 is 0 Å². The highest BCUT2D eigenvalue weighted by molar-refractivity contribution is 5.99. The highest BCUT2D eigenvalue weighted by Crippen LogP contribution is 2.21. The molecule has 0 saturated carbocycles. The van der Waals surface area contributed by atoms with Crippen LogP contribution in [0.1, 0.15) is 51.3 Å². The Hall–Kier alpha value is -3.40. The molecule has 0 bridgehead atoms. The second kappa shape index (κ2) is 8.53. The topological polar surface area (TPSA) is 58.9 Å². The van der Waals surface area contributed by atoms with E-state index < -0.39 is 0 Å². The largest absolute Gasteiger partial charge is 0.295 e. The number of hydrogen-bond acceptors (Lipinski definition) is 4. The number of carbonyl (C=O) groups is 2. The molecule has 0 radical (unpaired) electrons. The summed E-state index contributed by atoms with van der Waals surface area (Å²) in [6.07, 6.45) is 0.636. The smallest absolute Gasteiger partial charge is 0.159 e. The molecule has 3 aromatic rings. The van der Waals surface area contributed by atoms with E-state index >= 15 is 0 Å². The molecule has 0 aromatic heterocycles. The van der Waals surface area contributed by atoms with Crippen LogP contribution in [0.2, 0.25) is 0 Å². The van der Waals surface area contributed by atoms with Crippen molar-refractivity contribution in [3.05, 3.63) is 94.5 Å². The second-order valence-corrected chi connectivity index (χ2v) is 6.91. The molecule has 0 aliphatic heterocycles. The molecular weight excluding hydrogens is 348 g/mol. The lowest BCUT2D eigenvalue weighted by Crippen LogP contribution is -2.01. The van der Waals surface area contributed by atoms with Crippen molar-refractivity contribution >= 4 is 22.9 Å². The van der Waals surface area contributed by atoms with Gasteiger partial charge >= 0.3 is 0 Å². The standard InChI is InChI=1S/C24H22N2O2/c1-16-4-8-23(9-5-16)25-26-24-10-6-19(7-11-24)12-20-13-21(17(2)27)15-22(14-20)18(3)28/h4-11,13-15H,12H2,1-3H3. The van der Waals surface area contributed by atoms with E-state index in [1.54, 1.807) is 6.07 Å². The highest BCUT2D eigenvalue weighted by atomic mass is 16.1. The Labute approximate surface area is 165 Å². The third-order valence-corrected chi connectivity index (χ3v) is 4.47. The van der Waals surface area contributed by atoms with Crippen LogP contribution in [-0.4, -0.2) is 11.6 Å². The van der Waals surface area contributed by atoms with Crippen molar-refractivity contribution in [1.82, 2.24) is 0 Å². The minimum atomic E-state index is -0.0452. The molecule has 140 valence electrons. The third kappa shape index (κ3) is 5.07. The van der Waals surface area contributed by atoms with Gasteiger partial charge in [-0.15, -0.1) is 0 Å². The van der Waals surface area contributed by atoms with Crippen molar-refractivity contribution in [3.63, 3.8) is 0 Å². The summed E-state index contributed by atoms with van der Waals surface area (Å²) in [5.74, 6) is -0.0903. The number of hydrogen-bond donors (Lipinski definition) is 0. The summed E-state index contributed by atoms with van der Waals surface area (Å²) >= 11 is 0. The van der Waals surface area contributed by atoms with Gasteiger partial charge in [0.25, 0.3) is 0 Å².